The Morgan fingerprint density at radius 2 is 2.29 bits per heavy atom. The Morgan fingerprint density at radius 1 is 1.53 bits per heavy atom. The Hall–Kier alpha value is -0.690. The summed E-state index contributed by atoms with van der Waals surface area (Å²) in [5, 5.41) is 12.1. The number of aliphatic hydroxyl groups is 1. The van der Waals surface area contributed by atoms with Gasteiger partial charge >= 0.3 is 0 Å². The molecule has 0 bridgehead atoms. The zero-order valence-electron chi connectivity index (χ0n) is 10.5. The molecule has 0 spiro atoms. The Kier molecular flexibility index (Phi) is 6.43. The van der Waals surface area contributed by atoms with Crippen LogP contribution in [0.5, 0.6) is 0 Å². The fourth-order valence-corrected chi connectivity index (χ4v) is 1.97. The van der Waals surface area contributed by atoms with Gasteiger partial charge in [0.05, 0.1) is 32.3 Å². The summed E-state index contributed by atoms with van der Waals surface area (Å²) in [5.74, 6) is -0.142. The van der Waals surface area contributed by atoms with Gasteiger partial charge in [-0.05, 0) is 7.05 Å². The van der Waals surface area contributed by atoms with Crippen LogP contribution in [0.25, 0.3) is 0 Å². The van der Waals surface area contributed by atoms with Gasteiger partial charge in [0, 0.05) is 26.2 Å². The van der Waals surface area contributed by atoms with E-state index in [1.165, 1.54) is 0 Å². The van der Waals surface area contributed by atoms with E-state index in [1.807, 2.05) is 7.05 Å². The number of ether oxygens (including phenoxy) is 2. The molecular weight excluding hydrogens is 224 g/mol. The third-order valence-corrected chi connectivity index (χ3v) is 3.02. The minimum Gasteiger partial charge on any atom is -0.395 e. The number of nitrogens with zero attached hydrogens (tertiary/aromatic N) is 1. The first-order valence-corrected chi connectivity index (χ1v) is 5.88. The van der Waals surface area contributed by atoms with Crippen molar-refractivity contribution in [3.05, 3.63) is 0 Å². The molecule has 1 saturated heterocycles. The highest BCUT2D eigenvalue weighted by molar-refractivity contribution is 5.80. The van der Waals surface area contributed by atoms with Gasteiger partial charge < -0.3 is 24.8 Å². The number of likely N-dealkylation sites (N-methyl/N-ethyl adjacent to an activating group) is 1. The van der Waals surface area contributed by atoms with Crippen molar-refractivity contribution < 1.29 is 19.4 Å². The van der Waals surface area contributed by atoms with Crippen molar-refractivity contribution in [2.45, 2.75) is 6.04 Å². The molecule has 0 aliphatic carbocycles. The van der Waals surface area contributed by atoms with Gasteiger partial charge in [-0.2, -0.15) is 0 Å². The predicted molar refractivity (Wildman–Crippen MR) is 62.7 cm³/mol. The van der Waals surface area contributed by atoms with E-state index in [4.69, 9.17) is 14.6 Å². The van der Waals surface area contributed by atoms with Crippen LogP contribution in [0.15, 0.2) is 0 Å². The maximum atomic E-state index is 12.2. The molecule has 0 aromatic rings. The van der Waals surface area contributed by atoms with Crippen LogP contribution in [0, 0.1) is 5.92 Å². The predicted octanol–water partition coefficient (Wildman–Crippen LogP) is -1.31. The number of carbonyl (C=O) groups excluding carboxylic acids is 1. The number of rotatable bonds is 7. The van der Waals surface area contributed by atoms with Gasteiger partial charge in [0.2, 0.25) is 5.91 Å². The summed E-state index contributed by atoms with van der Waals surface area (Å²) in [5.41, 5.74) is 0. The summed E-state index contributed by atoms with van der Waals surface area (Å²) in [6, 6.07) is 0.0613. The van der Waals surface area contributed by atoms with E-state index in [-0.39, 0.29) is 24.5 Å². The first kappa shape index (κ1) is 14.4. The molecule has 1 aliphatic rings. The summed E-state index contributed by atoms with van der Waals surface area (Å²) >= 11 is 0. The third kappa shape index (κ3) is 3.92. The Morgan fingerprint density at radius 3 is 2.88 bits per heavy atom. The van der Waals surface area contributed by atoms with Gasteiger partial charge in [-0.25, -0.2) is 0 Å². The highest BCUT2D eigenvalue weighted by atomic mass is 16.5. The summed E-state index contributed by atoms with van der Waals surface area (Å²) < 4.78 is 10.3. The van der Waals surface area contributed by atoms with Crippen LogP contribution in [0.1, 0.15) is 0 Å². The van der Waals surface area contributed by atoms with Crippen LogP contribution in [-0.4, -0.2) is 75.6 Å². The van der Waals surface area contributed by atoms with E-state index in [2.05, 4.69) is 5.32 Å². The van der Waals surface area contributed by atoms with E-state index in [1.54, 1.807) is 12.0 Å². The van der Waals surface area contributed by atoms with Gasteiger partial charge in [0.15, 0.2) is 0 Å². The highest BCUT2D eigenvalue weighted by Gasteiger charge is 2.35. The average molecular weight is 246 g/mol. The van der Waals surface area contributed by atoms with Crippen LogP contribution in [-0.2, 0) is 14.3 Å². The molecule has 17 heavy (non-hydrogen) atoms. The van der Waals surface area contributed by atoms with Gasteiger partial charge in [-0.3, -0.25) is 4.79 Å². The molecule has 6 heteroatoms. The summed E-state index contributed by atoms with van der Waals surface area (Å²) in [7, 11) is 3.42. The molecule has 2 atom stereocenters. The first-order chi connectivity index (χ1) is 8.24. The van der Waals surface area contributed by atoms with E-state index in [0.717, 1.165) is 0 Å². The maximum absolute atomic E-state index is 12.2. The molecule has 1 rings (SSSR count). The maximum Gasteiger partial charge on any atom is 0.229 e. The smallest absolute Gasteiger partial charge is 0.229 e. The molecular formula is C11H22N2O4. The molecule has 2 N–H and O–H groups in total. The fourth-order valence-electron chi connectivity index (χ4n) is 1.97. The van der Waals surface area contributed by atoms with E-state index in [0.29, 0.717) is 32.9 Å². The van der Waals surface area contributed by atoms with Crippen LogP contribution in [0.3, 0.4) is 0 Å². The molecule has 6 nitrogen and oxygen atoms in total. The first-order valence-electron chi connectivity index (χ1n) is 5.88. The SMILES string of the molecule is CNC1COCC1C(=O)N(CCO)CCOC. The number of amides is 1. The minimum absolute atomic E-state index is 0.0213. The monoisotopic (exact) mass is 246 g/mol. The van der Waals surface area contributed by atoms with Crippen molar-refractivity contribution >= 4 is 5.91 Å². The molecule has 1 fully saturated rings. The highest BCUT2D eigenvalue weighted by Crippen LogP contribution is 2.16. The second-order valence-electron chi connectivity index (χ2n) is 4.08. The lowest BCUT2D eigenvalue weighted by Crippen LogP contribution is -2.46. The van der Waals surface area contributed by atoms with Crippen molar-refractivity contribution in [3.8, 4) is 0 Å². The van der Waals surface area contributed by atoms with Gasteiger partial charge in [-0.1, -0.05) is 0 Å². The lowest BCUT2D eigenvalue weighted by atomic mass is 10.0. The Bertz CT molecular complexity index is 238. The lowest BCUT2D eigenvalue weighted by Gasteiger charge is -2.26. The van der Waals surface area contributed by atoms with Crippen LogP contribution in [0.4, 0.5) is 0 Å². The topological polar surface area (TPSA) is 71.0 Å². The fraction of sp³-hybridized carbons (Fsp3) is 0.909. The van der Waals surface area contributed by atoms with Crippen molar-refractivity contribution in [2.24, 2.45) is 5.92 Å². The normalized spacial score (nSPS) is 23.9. The second kappa shape index (κ2) is 7.60. The average Bonchev–Trinajstić information content (AvgIpc) is 2.81. The van der Waals surface area contributed by atoms with Gasteiger partial charge in [0.1, 0.15) is 0 Å². The van der Waals surface area contributed by atoms with Crippen LogP contribution < -0.4 is 5.32 Å². The number of hydrogen-bond acceptors (Lipinski definition) is 5. The number of carbonyl (C=O) groups is 1. The zero-order chi connectivity index (χ0) is 12.7. The lowest BCUT2D eigenvalue weighted by molar-refractivity contribution is -0.137. The van der Waals surface area contributed by atoms with Gasteiger partial charge in [-0.15, -0.1) is 0 Å². The molecule has 0 aromatic heterocycles. The minimum atomic E-state index is -0.164. The molecule has 1 amide bonds. The molecule has 1 aliphatic heterocycles. The van der Waals surface area contributed by atoms with Crippen molar-refractivity contribution in [1.29, 1.82) is 0 Å². The van der Waals surface area contributed by atoms with Crippen molar-refractivity contribution in [1.82, 2.24) is 10.2 Å². The molecule has 1 heterocycles. The van der Waals surface area contributed by atoms with Gasteiger partial charge in [0.25, 0.3) is 0 Å². The molecule has 100 valence electrons. The Labute approximate surface area is 102 Å². The van der Waals surface area contributed by atoms with Crippen LogP contribution in [0.2, 0.25) is 0 Å². The van der Waals surface area contributed by atoms with E-state index >= 15 is 0 Å². The summed E-state index contributed by atoms with van der Waals surface area (Å²) in [4.78, 5) is 13.9. The quantitative estimate of drug-likeness (QED) is 0.583. The number of hydrogen-bond donors (Lipinski definition) is 2. The van der Waals surface area contributed by atoms with E-state index < -0.39 is 0 Å². The largest absolute Gasteiger partial charge is 0.395 e. The standard InChI is InChI=1S/C11H22N2O4/c1-12-10-8-17-7-9(10)11(15)13(3-5-14)4-6-16-2/h9-10,12,14H,3-8H2,1-2H3. The molecule has 0 aromatic carbocycles. The van der Waals surface area contributed by atoms with E-state index in [9.17, 15) is 4.79 Å². The van der Waals surface area contributed by atoms with Crippen molar-refractivity contribution in [3.63, 3.8) is 0 Å². The summed E-state index contributed by atoms with van der Waals surface area (Å²) in [6.07, 6.45) is 0. The van der Waals surface area contributed by atoms with Crippen LogP contribution >= 0.6 is 0 Å². The summed E-state index contributed by atoms with van der Waals surface area (Å²) in [6.45, 7) is 2.29. The number of methoxy groups -OCH3 is 1. The molecule has 0 saturated carbocycles. The molecule has 0 radical (unpaired) electrons. The number of nitrogens with one attached hydrogen (secondary N) is 1. The third-order valence-electron chi connectivity index (χ3n) is 3.02. The second-order valence-corrected chi connectivity index (χ2v) is 4.08. The molecule has 2 unspecified atom stereocenters. The Balaban J connectivity index is 2.56. The van der Waals surface area contributed by atoms with Crippen molar-refractivity contribution in [2.75, 3.05) is 53.7 Å². The zero-order valence-corrected chi connectivity index (χ0v) is 10.5. The number of aliphatic hydroxyl groups excluding tert-OH is 1.